The molecule has 0 fully saturated rings. The van der Waals surface area contributed by atoms with Crippen LogP contribution in [0.15, 0.2) is 24.3 Å². The number of nitrogens with one attached hydrogen (secondary N) is 1. The number of carboxylic acids is 1. The molecule has 1 rings (SSSR count). The summed E-state index contributed by atoms with van der Waals surface area (Å²) in [4.78, 5) is 23.3. The van der Waals surface area contributed by atoms with Crippen LogP contribution < -0.4 is 5.32 Å². The number of hydrogen-bond acceptors (Lipinski definition) is 2. The second-order valence-corrected chi connectivity index (χ2v) is 5.17. The third-order valence-corrected chi connectivity index (χ3v) is 4.04. The molecule has 4 nitrogen and oxygen atoms in total. The Morgan fingerprint density at radius 2 is 1.80 bits per heavy atom. The van der Waals surface area contributed by atoms with Crippen LogP contribution in [0.1, 0.15) is 37.8 Å². The summed E-state index contributed by atoms with van der Waals surface area (Å²) in [7, 11) is 0. The normalized spacial score (nSPS) is 11.2. The summed E-state index contributed by atoms with van der Waals surface area (Å²) in [6.45, 7) is 5.82. The molecular weight excluding hydrogens is 254 g/mol. The maximum Gasteiger partial charge on any atom is 0.311 e. The quantitative estimate of drug-likeness (QED) is 0.805. The van der Waals surface area contributed by atoms with Crippen molar-refractivity contribution in [2.45, 2.75) is 40.0 Å². The van der Waals surface area contributed by atoms with Gasteiger partial charge in [-0.2, -0.15) is 0 Å². The number of hydrogen-bond donors (Lipinski definition) is 2. The summed E-state index contributed by atoms with van der Waals surface area (Å²) < 4.78 is 0. The minimum Gasteiger partial charge on any atom is -0.481 e. The third-order valence-electron chi connectivity index (χ3n) is 4.04. The Morgan fingerprint density at radius 3 is 2.30 bits per heavy atom. The van der Waals surface area contributed by atoms with Crippen LogP contribution in [0.3, 0.4) is 0 Å². The molecule has 0 atom stereocenters. The van der Waals surface area contributed by atoms with E-state index in [-0.39, 0.29) is 18.9 Å². The van der Waals surface area contributed by atoms with E-state index in [2.05, 4.69) is 5.32 Å². The van der Waals surface area contributed by atoms with E-state index in [0.29, 0.717) is 12.8 Å². The Morgan fingerprint density at radius 1 is 1.20 bits per heavy atom. The van der Waals surface area contributed by atoms with Crippen molar-refractivity contribution in [2.24, 2.45) is 5.41 Å². The van der Waals surface area contributed by atoms with Crippen LogP contribution >= 0.6 is 0 Å². The van der Waals surface area contributed by atoms with Gasteiger partial charge in [0.05, 0.1) is 11.8 Å². The zero-order valence-corrected chi connectivity index (χ0v) is 12.4. The van der Waals surface area contributed by atoms with E-state index < -0.39 is 11.4 Å². The van der Waals surface area contributed by atoms with Crippen LogP contribution in [0, 0.1) is 12.3 Å². The molecule has 1 amide bonds. The average molecular weight is 277 g/mol. The number of aryl methyl sites for hydroxylation is 1. The van der Waals surface area contributed by atoms with Crippen LogP contribution in [0.5, 0.6) is 0 Å². The zero-order valence-electron chi connectivity index (χ0n) is 12.4. The first kappa shape index (κ1) is 16.2. The molecule has 4 heteroatoms. The first-order valence-corrected chi connectivity index (χ1v) is 6.99. The minimum absolute atomic E-state index is 0.133. The van der Waals surface area contributed by atoms with Gasteiger partial charge in [0.1, 0.15) is 0 Å². The zero-order chi connectivity index (χ0) is 15.2. The maximum absolute atomic E-state index is 12.0. The molecule has 0 saturated carbocycles. The van der Waals surface area contributed by atoms with E-state index >= 15 is 0 Å². The summed E-state index contributed by atoms with van der Waals surface area (Å²) in [5, 5.41) is 12.1. The predicted molar refractivity (Wildman–Crippen MR) is 78.5 cm³/mol. The molecule has 0 spiro atoms. The Kier molecular flexibility index (Phi) is 5.74. The summed E-state index contributed by atoms with van der Waals surface area (Å²) in [6, 6.07) is 7.71. The first-order chi connectivity index (χ1) is 9.45. The molecule has 0 radical (unpaired) electrons. The molecule has 0 aliphatic rings. The van der Waals surface area contributed by atoms with Gasteiger partial charge in [-0.25, -0.2) is 0 Å². The highest BCUT2D eigenvalue weighted by molar-refractivity contribution is 5.80. The molecule has 1 aromatic rings. The lowest BCUT2D eigenvalue weighted by Gasteiger charge is -2.26. The Hall–Kier alpha value is -1.84. The van der Waals surface area contributed by atoms with Crippen molar-refractivity contribution in [3.05, 3.63) is 35.4 Å². The van der Waals surface area contributed by atoms with Crippen molar-refractivity contribution >= 4 is 11.9 Å². The predicted octanol–water partition coefficient (Wildman–Crippen LogP) is 2.54. The van der Waals surface area contributed by atoms with Crippen LogP contribution in [0.4, 0.5) is 0 Å². The standard InChI is InChI=1S/C16H23NO3/c1-4-16(5-2,15(19)20)11-17-14(18)10-13-9-7-6-8-12(13)3/h6-9H,4-5,10-11H2,1-3H3,(H,17,18)(H,19,20). The van der Waals surface area contributed by atoms with Gasteiger partial charge in [0.15, 0.2) is 0 Å². The Labute approximate surface area is 120 Å². The number of aliphatic carboxylic acids is 1. The molecule has 110 valence electrons. The lowest BCUT2D eigenvalue weighted by Crippen LogP contribution is -2.42. The number of benzene rings is 1. The van der Waals surface area contributed by atoms with Crippen LogP contribution in [-0.4, -0.2) is 23.5 Å². The van der Waals surface area contributed by atoms with Crippen molar-refractivity contribution in [2.75, 3.05) is 6.54 Å². The fraction of sp³-hybridized carbons (Fsp3) is 0.500. The number of carbonyl (C=O) groups excluding carboxylic acids is 1. The van der Waals surface area contributed by atoms with E-state index in [0.717, 1.165) is 11.1 Å². The molecule has 20 heavy (non-hydrogen) atoms. The SMILES string of the molecule is CCC(CC)(CNC(=O)Cc1ccccc1C)C(=O)O. The number of amides is 1. The van der Waals surface area contributed by atoms with Crippen molar-refractivity contribution in [3.63, 3.8) is 0 Å². The number of rotatable bonds is 7. The topological polar surface area (TPSA) is 66.4 Å². The second-order valence-electron chi connectivity index (χ2n) is 5.17. The average Bonchev–Trinajstić information content (AvgIpc) is 2.43. The molecular formula is C16H23NO3. The van der Waals surface area contributed by atoms with Crippen LogP contribution in [-0.2, 0) is 16.0 Å². The van der Waals surface area contributed by atoms with Crippen molar-refractivity contribution in [1.82, 2.24) is 5.32 Å². The second kappa shape index (κ2) is 7.08. The van der Waals surface area contributed by atoms with Gasteiger partial charge in [-0.05, 0) is 30.9 Å². The van der Waals surface area contributed by atoms with Crippen molar-refractivity contribution in [3.8, 4) is 0 Å². The molecule has 0 heterocycles. The van der Waals surface area contributed by atoms with Gasteiger partial charge in [0, 0.05) is 6.54 Å². The molecule has 0 aromatic heterocycles. The fourth-order valence-corrected chi connectivity index (χ4v) is 2.19. The summed E-state index contributed by atoms with van der Waals surface area (Å²) in [6.07, 6.45) is 1.29. The van der Waals surface area contributed by atoms with Crippen molar-refractivity contribution < 1.29 is 14.7 Å². The van der Waals surface area contributed by atoms with Gasteiger partial charge in [-0.15, -0.1) is 0 Å². The van der Waals surface area contributed by atoms with E-state index in [4.69, 9.17) is 0 Å². The summed E-state index contributed by atoms with van der Waals surface area (Å²) >= 11 is 0. The number of carbonyl (C=O) groups is 2. The van der Waals surface area contributed by atoms with Gasteiger partial charge in [0.25, 0.3) is 0 Å². The molecule has 0 bridgehead atoms. The molecule has 2 N–H and O–H groups in total. The molecule has 0 unspecified atom stereocenters. The lowest BCUT2D eigenvalue weighted by atomic mass is 9.82. The van der Waals surface area contributed by atoms with Crippen LogP contribution in [0.2, 0.25) is 0 Å². The van der Waals surface area contributed by atoms with Gasteiger partial charge < -0.3 is 10.4 Å². The van der Waals surface area contributed by atoms with Crippen LogP contribution in [0.25, 0.3) is 0 Å². The number of carboxylic acid groups (broad SMARTS) is 1. The maximum atomic E-state index is 12.0. The summed E-state index contributed by atoms with van der Waals surface area (Å²) in [5.74, 6) is -0.981. The molecule has 0 aliphatic carbocycles. The first-order valence-electron chi connectivity index (χ1n) is 6.99. The molecule has 0 aliphatic heterocycles. The highest BCUT2D eigenvalue weighted by Gasteiger charge is 2.35. The largest absolute Gasteiger partial charge is 0.481 e. The van der Waals surface area contributed by atoms with E-state index in [1.807, 2.05) is 45.0 Å². The highest BCUT2D eigenvalue weighted by Crippen LogP contribution is 2.25. The van der Waals surface area contributed by atoms with E-state index in [1.54, 1.807) is 0 Å². The van der Waals surface area contributed by atoms with Crippen molar-refractivity contribution in [1.29, 1.82) is 0 Å². The Bertz CT molecular complexity index is 478. The summed E-state index contributed by atoms with van der Waals surface area (Å²) in [5.41, 5.74) is 1.18. The van der Waals surface area contributed by atoms with Gasteiger partial charge >= 0.3 is 5.97 Å². The monoisotopic (exact) mass is 277 g/mol. The molecule has 1 aromatic carbocycles. The fourth-order valence-electron chi connectivity index (χ4n) is 2.19. The minimum atomic E-state index is -0.860. The third kappa shape index (κ3) is 3.83. The van der Waals surface area contributed by atoms with Gasteiger partial charge in [0.2, 0.25) is 5.91 Å². The van der Waals surface area contributed by atoms with Gasteiger partial charge in [-0.1, -0.05) is 38.1 Å². The van der Waals surface area contributed by atoms with E-state index in [1.165, 1.54) is 0 Å². The lowest BCUT2D eigenvalue weighted by molar-refractivity contribution is -0.149. The Balaban J connectivity index is 2.63. The molecule has 0 saturated heterocycles. The van der Waals surface area contributed by atoms with Gasteiger partial charge in [-0.3, -0.25) is 9.59 Å². The smallest absolute Gasteiger partial charge is 0.311 e. The van der Waals surface area contributed by atoms with E-state index in [9.17, 15) is 14.7 Å². The highest BCUT2D eigenvalue weighted by atomic mass is 16.4.